The van der Waals surface area contributed by atoms with Gasteiger partial charge >= 0.3 is 0 Å². The zero-order valence-corrected chi connectivity index (χ0v) is 10.7. The maximum atomic E-state index is 10.4. The van der Waals surface area contributed by atoms with Crippen LogP contribution in [0.2, 0.25) is 0 Å². The standard InChI is InChI=1S/C13H27NO2/c1-11(2)12(9-15)14-10-13(16)7-5-3-4-6-8-13/h11-12,14-16H,3-10H2,1-2H3. The van der Waals surface area contributed by atoms with Gasteiger partial charge in [0.05, 0.1) is 12.2 Å². The minimum atomic E-state index is -0.543. The monoisotopic (exact) mass is 229 g/mol. The Labute approximate surface area is 99.3 Å². The van der Waals surface area contributed by atoms with Crippen molar-refractivity contribution in [3.8, 4) is 0 Å². The number of hydrogen-bond donors (Lipinski definition) is 3. The molecule has 0 aliphatic heterocycles. The van der Waals surface area contributed by atoms with Crippen molar-refractivity contribution in [1.82, 2.24) is 5.32 Å². The first-order valence-corrected chi connectivity index (χ1v) is 6.64. The lowest BCUT2D eigenvalue weighted by atomic mass is 9.93. The van der Waals surface area contributed by atoms with Crippen molar-refractivity contribution in [3.63, 3.8) is 0 Å². The SMILES string of the molecule is CC(C)C(CO)NCC1(O)CCCCCC1. The molecule has 0 saturated heterocycles. The predicted octanol–water partition coefficient (Wildman–Crippen LogP) is 1.68. The largest absolute Gasteiger partial charge is 0.395 e. The lowest BCUT2D eigenvalue weighted by molar-refractivity contribution is 0.0188. The second-order valence-electron chi connectivity index (χ2n) is 5.55. The van der Waals surface area contributed by atoms with Crippen LogP contribution < -0.4 is 5.32 Å². The van der Waals surface area contributed by atoms with Crippen LogP contribution in [0.5, 0.6) is 0 Å². The fourth-order valence-electron chi connectivity index (χ4n) is 2.40. The van der Waals surface area contributed by atoms with Crippen LogP contribution in [0.4, 0.5) is 0 Å². The van der Waals surface area contributed by atoms with E-state index in [0.717, 1.165) is 25.7 Å². The van der Waals surface area contributed by atoms with Crippen molar-refractivity contribution in [2.24, 2.45) is 5.92 Å². The van der Waals surface area contributed by atoms with Crippen LogP contribution >= 0.6 is 0 Å². The van der Waals surface area contributed by atoms with Crippen molar-refractivity contribution >= 4 is 0 Å². The minimum Gasteiger partial charge on any atom is -0.395 e. The molecule has 0 aromatic carbocycles. The molecule has 1 fully saturated rings. The molecule has 0 spiro atoms. The molecule has 1 unspecified atom stereocenters. The number of nitrogens with one attached hydrogen (secondary N) is 1. The van der Waals surface area contributed by atoms with Gasteiger partial charge in [0.1, 0.15) is 0 Å². The quantitative estimate of drug-likeness (QED) is 0.629. The predicted molar refractivity (Wildman–Crippen MR) is 66.4 cm³/mol. The van der Waals surface area contributed by atoms with Gasteiger partial charge in [-0.2, -0.15) is 0 Å². The highest BCUT2D eigenvalue weighted by molar-refractivity contribution is 4.85. The van der Waals surface area contributed by atoms with Crippen molar-refractivity contribution < 1.29 is 10.2 Å². The van der Waals surface area contributed by atoms with Crippen molar-refractivity contribution in [3.05, 3.63) is 0 Å². The summed E-state index contributed by atoms with van der Waals surface area (Å²) in [5, 5.41) is 23.0. The Bertz CT molecular complexity index is 186. The molecule has 0 aromatic heterocycles. The molecular weight excluding hydrogens is 202 g/mol. The third-order valence-electron chi connectivity index (χ3n) is 3.73. The fourth-order valence-corrected chi connectivity index (χ4v) is 2.40. The van der Waals surface area contributed by atoms with Crippen LogP contribution in [0.15, 0.2) is 0 Å². The van der Waals surface area contributed by atoms with Gasteiger partial charge in [0.25, 0.3) is 0 Å². The first-order valence-electron chi connectivity index (χ1n) is 6.64. The lowest BCUT2D eigenvalue weighted by Gasteiger charge is -2.30. The van der Waals surface area contributed by atoms with E-state index in [9.17, 15) is 10.2 Å². The summed E-state index contributed by atoms with van der Waals surface area (Å²) in [5.41, 5.74) is -0.543. The molecule has 1 atom stereocenters. The summed E-state index contributed by atoms with van der Waals surface area (Å²) in [5.74, 6) is 0.402. The van der Waals surface area contributed by atoms with E-state index in [1.807, 2.05) is 0 Å². The number of hydrogen-bond acceptors (Lipinski definition) is 3. The summed E-state index contributed by atoms with van der Waals surface area (Å²) in [6, 6.07) is 0.104. The van der Waals surface area contributed by atoms with E-state index in [0.29, 0.717) is 12.5 Å². The smallest absolute Gasteiger partial charge is 0.0771 e. The summed E-state index contributed by atoms with van der Waals surface area (Å²) in [7, 11) is 0. The highest BCUT2D eigenvalue weighted by Crippen LogP contribution is 2.26. The Morgan fingerprint density at radius 3 is 2.12 bits per heavy atom. The lowest BCUT2D eigenvalue weighted by Crippen LogP contribution is -2.47. The molecule has 16 heavy (non-hydrogen) atoms. The molecule has 1 aliphatic rings. The summed E-state index contributed by atoms with van der Waals surface area (Å²) in [6.07, 6.45) is 6.55. The number of aliphatic hydroxyl groups excluding tert-OH is 1. The Kier molecular flexibility index (Phi) is 5.73. The molecule has 1 rings (SSSR count). The molecule has 3 N–H and O–H groups in total. The van der Waals surface area contributed by atoms with E-state index in [1.165, 1.54) is 12.8 Å². The second kappa shape index (κ2) is 6.58. The molecule has 0 radical (unpaired) electrons. The van der Waals surface area contributed by atoms with Crippen molar-refractivity contribution in [2.75, 3.05) is 13.2 Å². The average Bonchev–Trinajstić information content (AvgIpc) is 2.44. The molecule has 0 amide bonds. The van der Waals surface area contributed by atoms with E-state index in [4.69, 9.17) is 0 Å². The molecule has 0 aromatic rings. The van der Waals surface area contributed by atoms with Gasteiger partial charge in [0, 0.05) is 12.6 Å². The molecule has 0 heterocycles. The maximum Gasteiger partial charge on any atom is 0.0771 e. The molecule has 3 heteroatoms. The van der Waals surface area contributed by atoms with Crippen LogP contribution in [0, 0.1) is 5.92 Å². The topological polar surface area (TPSA) is 52.5 Å². The van der Waals surface area contributed by atoms with Gasteiger partial charge in [0.15, 0.2) is 0 Å². The Morgan fingerprint density at radius 1 is 1.12 bits per heavy atom. The molecule has 3 nitrogen and oxygen atoms in total. The van der Waals surface area contributed by atoms with Gasteiger partial charge in [-0.1, -0.05) is 39.5 Å². The van der Waals surface area contributed by atoms with Gasteiger partial charge in [-0.25, -0.2) is 0 Å². The fraction of sp³-hybridized carbons (Fsp3) is 1.00. The summed E-state index contributed by atoms with van der Waals surface area (Å²) >= 11 is 0. The number of aliphatic hydroxyl groups is 2. The zero-order chi connectivity index (χ0) is 12.0. The van der Waals surface area contributed by atoms with E-state index >= 15 is 0 Å². The number of rotatable bonds is 5. The third-order valence-corrected chi connectivity index (χ3v) is 3.73. The normalized spacial score (nSPS) is 23.1. The van der Waals surface area contributed by atoms with Crippen LogP contribution in [-0.2, 0) is 0 Å². The Balaban J connectivity index is 2.38. The highest BCUT2D eigenvalue weighted by Gasteiger charge is 2.28. The molecular formula is C13H27NO2. The van der Waals surface area contributed by atoms with E-state index in [-0.39, 0.29) is 12.6 Å². The van der Waals surface area contributed by atoms with Crippen molar-refractivity contribution in [2.45, 2.75) is 64.0 Å². The highest BCUT2D eigenvalue weighted by atomic mass is 16.3. The van der Waals surface area contributed by atoms with E-state index in [1.54, 1.807) is 0 Å². The third kappa shape index (κ3) is 4.40. The Hall–Kier alpha value is -0.120. The maximum absolute atomic E-state index is 10.4. The van der Waals surface area contributed by atoms with Gasteiger partial charge in [-0.15, -0.1) is 0 Å². The van der Waals surface area contributed by atoms with Gasteiger partial charge in [-0.3, -0.25) is 0 Å². The summed E-state index contributed by atoms with van der Waals surface area (Å²) < 4.78 is 0. The van der Waals surface area contributed by atoms with Crippen LogP contribution in [0.3, 0.4) is 0 Å². The molecule has 0 bridgehead atoms. The van der Waals surface area contributed by atoms with Crippen LogP contribution in [0.1, 0.15) is 52.4 Å². The average molecular weight is 229 g/mol. The van der Waals surface area contributed by atoms with Crippen LogP contribution in [0.25, 0.3) is 0 Å². The zero-order valence-electron chi connectivity index (χ0n) is 10.7. The van der Waals surface area contributed by atoms with Gasteiger partial charge in [0.2, 0.25) is 0 Å². The first-order chi connectivity index (χ1) is 7.57. The van der Waals surface area contributed by atoms with Crippen LogP contribution in [-0.4, -0.2) is 35.0 Å². The first kappa shape index (κ1) is 13.9. The Morgan fingerprint density at radius 2 is 1.69 bits per heavy atom. The minimum absolute atomic E-state index is 0.104. The van der Waals surface area contributed by atoms with E-state index in [2.05, 4.69) is 19.2 Å². The summed E-state index contributed by atoms with van der Waals surface area (Å²) in [6.45, 7) is 4.94. The van der Waals surface area contributed by atoms with Gasteiger partial charge < -0.3 is 15.5 Å². The second-order valence-corrected chi connectivity index (χ2v) is 5.55. The molecule has 1 saturated carbocycles. The van der Waals surface area contributed by atoms with Crippen molar-refractivity contribution in [1.29, 1.82) is 0 Å². The van der Waals surface area contributed by atoms with E-state index < -0.39 is 5.60 Å². The molecule has 1 aliphatic carbocycles. The summed E-state index contributed by atoms with van der Waals surface area (Å²) in [4.78, 5) is 0. The van der Waals surface area contributed by atoms with Gasteiger partial charge in [-0.05, 0) is 18.8 Å². The molecule has 96 valence electrons.